The summed E-state index contributed by atoms with van der Waals surface area (Å²) in [6.07, 6.45) is 6.05. The van der Waals surface area contributed by atoms with Gasteiger partial charge in [-0.25, -0.2) is 31.9 Å². The van der Waals surface area contributed by atoms with Crippen LogP contribution in [0.5, 0.6) is 0 Å². The van der Waals surface area contributed by atoms with Crippen molar-refractivity contribution in [3.8, 4) is 17.2 Å². The molecule has 372 valence electrons. The van der Waals surface area contributed by atoms with Gasteiger partial charge < -0.3 is 20.0 Å². The maximum absolute atomic E-state index is 16.0. The quantitative estimate of drug-likeness (QED) is 0.107. The molecular weight excluding hydrogens is 1020 g/mol. The van der Waals surface area contributed by atoms with Gasteiger partial charge in [-0.2, -0.15) is 22.8 Å². The van der Waals surface area contributed by atoms with Gasteiger partial charge in [-0.05, 0) is 109 Å². The zero-order valence-corrected chi connectivity index (χ0v) is 38.0. The van der Waals surface area contributed by atoms with Crippen molar-refractivity contribution in [3.63, 3.8) is 0 Å². The van der Waals surface area contributed by atoms with Crippen molar-refractivity contribution in [2.24, 2.45) is 0 Å². The molecule has 1 fully saturated rings. The maximum atomic E-state index is 16.0. The summed E-state index contributed by atoms with van der Waals surface area (Å²) in [6, 6.07) is 21.9. The first-order chi connectivity index (χ1) is 33.9. The Morgan fingerprint density at radius 1 is 0.569 bits per heavy atom. The largest absolute Gasteiger partial charge is 0.377 e. The summed E-state index contributed by atoms with van der Waals surface area (Å²) in [5.41, 5.74) is -6.00. The normalized spacial score (nSPS) is 14.5. The predicted molar refractivity (Wildman–Crippen MR) is 246 cm³/mol. The number of benzene rings is 3. The van der Waals surface area contributed by atoms with Gasteiger partial charge in [0.2, 0.25) is 0 Å². The van der Waals surface area contributed by atoms with Crippen LogP contribution in [0.4, 0.5) is 46.5 Å². The molecule has 2 N–H and O–H groups in total. The average molecular weight is 1060 g/mol. The van der Waals surface area contributed by atoms with Gasteiger partial charge in [0, 0.05) is 77.6 Å². The van der Waals surface area contributed by atoms with Gasteiger partial charge in [-0.3, -0.25) is 9.97 Å². The third kappa shape index (κ3) is 10.6. The number of pyridine rings is 3. The molecule has 5 aromatic heterocycles. The molecule has 2 atom stereocenters. The summed E-state index contributed by atoms with van der Waals surface area (Å²) < 4.78 is 120. The van der Waals surface area contributed by atoms with Crippen LogP contribution in [0.15, 0.2) is 133 Å². The Kier molecular flexibility index (Phi) is 15.4. The van der Waals surface area contributed by atoms with E-state index in [0.717, 1.165) is 108 Å². The molecule has 1 saturated heterocycles. The van der Waals surface area contributed by atoms with E-state index < -0.39 is 81.9 Å². The summed E-state index contributed by atoms with van der Waals surface area (Å²) in [6.45, 7) is 1.26. The number of aromatic nitrogens is 11. The third-order valence-electron chi connectivity index (χ3n) is 11.6. The lowest BCUT2D eigenvalue weighted by Crippen LogP contribution is -2.48. The fourth-order valence-corrected chi connectivity index (χ4v) is 8.03. The molecule has 0 aliphatic carbocycles. The number of anilines is 2. The van der Waals surface area contributed by atoms with Crippen molar-refractivity contribution in [2.45, 2.75) is 43.6 Å². The summed E-state index contributed by atoms with van der Waals surface area (Å²) in [4.78, 5) is 16.1. The van der Waals surface area contributed by atoms with Crippen LogP contribution in [0, 0.1) is 34.6 Å². The lowest BCUT2D eigenvalue weighted by atomic mass is 9.84. The fraction of sp³-hybridized carbons (Fsp3) is 0.234. The van der Waals surface area contributed by atoms with Crippen molar-refractivity contribution in [3.05, 3.63) is 184 Å². The Balaban J connectivity index is 0.000000240. The lowest BCUT2D eigenvalue weighted by Gasteiger charge is -2.37. The first-order valence-corrected chi connectivity index (χ1v) is 21.8. The van der Waals surface area contributed by atoms with Crippen molar-refractivity contribution in [1.29, 1.82) is 5.26 Å². The van der Waals surface area contributed by atoms with Crippen LogP contribution in [-0.2, 0) is 36.1 Å². The van der Waals surface area contributed by atoms with Crippen LogP contribution >= 0.6 is 15.9 Å². The predicted octanol–water partition coefficient (Wildman–Crippen LogP) is 7.71. The molecule has 8 aromatic rings. The topological polar surface area (TPSA) is 197 Å². The van der Waals surface area contributed by atoms with Crippen LogP contribution in [0.25, 0.3) is 11.1 Å². The highest BCUT2D eigenvalue weighted by molar-refractivity contribution is 9.10. The van der Waals surface area contributed by atoms with E-state index in [-0.39, 0.29) is 7.43 Å². The summed E-state index contributed by atoms with van der Waals surface area (Å²) in [5.74, 6) is -12.8. The minimum atomic E-state index is -4.14. The Morgan fingerprint density at radius 3 is 1.44 bits per heavy atom. The van der Waals surface area contributed by atoms with Crippen LogP contribution in [0.1, 0.15) is 35.6 Å². The second kappa shape index (κ2) is 21.3. The highest BCUT2D eigenvalue weighted by Gasteiger charge is 2.59. The number of halogens is 9. The number of tetrazole rings is 2. The molecule has 6 heterocycles. The average Bonchev–Trinajstić information content (AvgIpc) is 4.09. The molecule has 0 bridgehead atoms. The molecule has 72 heavy (non-hydrogen) atoms. The molecule has 25 heteroatoms. The van der Waals surface area contributed by atoms with Crippen molar-refractivity contribution in [2.75, 3.05) is 36.0 Å². The molecule has 0 spiro atoms. The number of nitriles is 1. The molecule has 1 aliphatic heterocycles. The minimum absolute atomic E-state index is 0. The highest BCUT2D eigenvalue weighted by Crippen LogP contribution is 2.48. The number of hydrogen-bond acceptors (Lipinski definition) is 14. The maximum Gasteiger partial charge on any atom is 0.323 e. The number of nitrogens with zero attached hydrogens (tertiary/aromatic N) is 14. The van der Waals surface area contributed by atoms with Gasteiger partial charge in [-0.1, -0.05) is 25.6 Å². The van der Waals surface area contributed by atoms with Gasteiger partial charge in [0.05, 0.1) is 25.0 Å². The van der Waals surface area contributed by atoms with Gasteiger partial charge in [0.25, 0.3) is 0 Å². The molecule has 1 aliphatic rings. The molecule has 0 saturated carbocycles. The van der Waals surface area contributed by atoms with Gasteiger partial charge in [-0.15, -0.1) is 10.2 Å². The second-order valence-corrected chi connectivity index (χ2v) is 16.9. The monoisotopic (exact) mass is 1060 g/mol. The summed E-state index contributed by atoms with van der Waals surface area (Å²) in [7, 11) is 0. The van der Waals surface area contributed by atoms with E-state index in [2.05, 4.69) is 71.7 Å². The zero-order chi connectivity index (χ0) is 50.6. The van der Waals surface area contributed by atoms with Crippen molar-refractivity contribution in [1.82, 2.24) is 55.4 Å². The molecule has 3 aromatic carbocycles. The van der Waals surface area contributed by atoms with E-state index in [1.807, 2.05) is 36.4 Å². The standard InChI is InChI=1S/C31H25F4N9O.C15H10BrF4N5O.CH4/c32-23-4-9-27(28(33)15-23)30(45,19-44-20-39-40-41-44)31(34,35)29-10-3-22(17-38-29)21-1-6-25(7-2-21)42-11-13-43(14-12-42)26-8-5-24(16-36)37-18-26;16-9-1-4-13(21-6-9)15(19,20)14(26,7-25-8-22-23-24-25)11-3-2-10(17)5-12(11)18;/h1-10,15,17-18,20,45H,11-14,19H2;1-6,8,26H,7H2;1H4/t30-;14-;/m00./s1. The van der Waals surface area contributed by atoms with E-state index in [4.69, 9.17) is 5.26 Å². The second-order valence-electron chi connectivity index (χ2n) is 16.0. The summed E-state index contributed by atoms with van der Waals surface area (Å²) in [5, 5.41) is 51.5. The third-order valence-corrected chi connectivity index (χ3v) is 12.0. The lowest BCUT2D eigenvalue weighted by molar-refractivity contribution is -0.207. The Bertz CT molecular complexity index is 3110. The number of alkyl halides is 4. The molecule has 0 radical (unpaired) electrons. The van der Waals surface area contributed by atoms with E-state index in [0.29, 0.717) is 27.9 Å². The first kappa shape index (κ1) is 52.0. The zero-order valence-electron chi connectivity index (χ0n) is 36.4. The number of piperazine rings is 1. The fourth-order valence-electron chi connectivity index (χ4n) is 7.79. The van der Waals surface area contributed by atoms with Gasteiger partial charge >= 0.3 is 11.8 Å². The van der Waals surface area contributed by atoms with E-state index in [1.165, 1.54) is 18.3 Å². The molecule has 9 rings (SSSR count). The number of aliphatic hydroxyl groups is 2. The Morgan fingerprint density at radius 2 is 1.04 bits per heavy atom. The summed E-state index contributed by atoms with van der Waals surface area (Å²) >= 11 is 3.07. The van der Waals surface area contributed by atoms with E-state index in [1.54, 1.807) is 12.3 Å². The SMILES string of the molecule is C.N#Cc1ccc(N2CCN(c3ccc(-c4ccc(C(F)(F)[C@](O)(Cn5cnnn5)c5ccc(F)cc5F)nc4)cc3)CC2)cn1.O[C@@](Cn1cnnn1)(c1ccc(F)cc1F)C(F)(F)c1ccc(Br)cn1. The minimum Gasteiger partial charge on any atom is -0.377 e. The van der Waals surface area contributed by atoms with Crippen molar-refractivity contribution < 1.29 is 45.3 Å². The Labute approximate surface area is 413 Å². The number of rotatable bonds is 13. The highest BCUT2D eigenvalue weighted by atomic mass is 79.9. The van der Waals surface area contributed by atoms with Gasteiger partial charge in [0.15, 0.2) is 11.2 Å². The molecular formula is C47H39BrF8N14O2. The van der Waals surface area contributed by atoms with Crippen LogP contribution in [-0.4, -0.2) is 91.8 Å². The van der Waals surface area contributed by atoms with Gasteiger partial charge in [0.1, 0.15) is 59.1 Å². The van der Waals surface area contributed by atoms with E-state index >= 15 is 17.6 Å². The van der Waals surface area contributed by atoms with Crippen LogP contribution in [0.2, 0.25) is 0 Å². The smallest absolute Gasteiger partial charge is 0.323 e. The Hall–Kier alpha value is -7.82. The van der Waals surface area contributed by atoms with Crippen LogP contribution in [0.3, 0.4) is 0 Å². The number of hydrogen-bond donors (Lipinski definition) is 2. The van der Waals surface area contributed by atoms with Crippen molar-refractivity contribution >= 4 is 27.3 Å². The van der Waals surface area contributed by atoms with Crippen LogP contribution < -0.4 is 9.80 Å². The molecule has 16 nitrogen and oxygen atoms in total. The van der Waals surface area contributed by atoms with E-state index in [9.17, 15) is 27.8 Å². The first-order valence-electron chi connectivity index (χ1n) is 21.0. The molecule has 0 amide bonds. The molecule has 0 unspecified atom stereocenters.